The number of pyridine rings is 1. The molecule has 24 heavy (non-hydrogen) atoms. The zero-order valence-corrected chi connectivity index (χ0v) is 15.1. The number of urea groups is 1. The lowest BCUT2D eigenvalue weighted by Gasteiger charge is -2.15. The number of tetrazole rings is 1. The molecule has 0 saturated carbocycles. The molecule has 0 unspecified atom stereocenters. The molecule has 3 rings (SSSR count). The molecule has 3 aromatic rings. The van der Waals surface area contributed by atoms with E-state index in [1.54, 1.807) is 10.6 Å². The number of nitrogens with one attached hydrogen (secondary N) is 2. The highest BCUT2D eigenvalue weighted by molar-refractivity contribution is 9.10. The Kier molecular flexibility index (Phi) is 4.22. The summed E-state index contributed by atoms with van der Waals surface area (Å²) in [5.41, 5.74) is 0.472. The Bertz CT molecular complexity index is 878. The Balaban J connectivity index is 1.63. The van der Waals surface area contributed by atoms with Gasteiger partial charge in [0.15, 0.2) is 11.5 Å². The minimum atomic E-state index is -0.371. The van der Waals surface area contributed by atoms with Crippen LogP contribution in [0.2, 0.25) is 0 Å². The zero-order chi connectivity index (χ0) is 17.3. The van der Waals surface area contributed by atoms with Crippen molar-refractivity contribution in [2.45, 2.75) is 32.9 Å². The third kappa shape index (κ3) is 3.37. The van der Waals surface area contributed by atoms with Gasteiger partial charge in [-0.05, 0) is 54.0 Å². The third-order valence-electron chi connectivity index (χ3n) is 3.19. The summed E-state index contributed by atoms with van der Waals surface area (Å²) in [6.07, 6.45) is 3.41. The summed E-state index contributed by atoms with van der Waals surface area (Å²) in [6.45, 7) is 6.10. The van der Waals surface area contributed by atoms with Gasteiger partial charge in [0.2, 0.25) is 0 Å². The van der Waals surface area contributed by atoms with E-state index in [9.17, 15) is 4.79 Å². The minimum Gasteiger partial charge on any atom is -0.330 e. The second-order valence-corrected chi connectivity index (χ2v) is 7.02. The van der Waals surface area contributed by atoms with Crippen LogP contribution in [-0.4, -0.2) is 35.6 Å². The fourth-order valence-corrected chi connectivity index (χ4v) is 2.43. The van der Waals surface area contributed by atoms with Gasteiger partial charge in [0, 0.05) is 6.20 Å². The topological polar surface area (TPSA) is 102 Å². The summed E-state index contributed by atoms with van der Waals surface area (Å²) < 4.78 is 2.62. The lowest BCUT2D eigenvalue weighted by Crippen LogP contribution is -2.29. The van der Waals surface area contributed by atoms with Crippen LogP contribution >= 0.6 is 15.9 Å². The molecule has 9 nitrogen and oxygen atoms in total. The van der Waals surface area contributed by atoms with E-state index in [-0.39, 0.29) is 18.1 Å². The molecule has 0 aliphatic carbocycles. The molecule has 0 spiro atoms. The average molecular weight is 393 g/mol. The number of amides is 2. The molecular formula is C14H17BrN8O. The van der Waals surface area contributed by atoms with Crippen molar-refractivity contribution in [2.75, 3.05) is 5.32 Å². The highest BCUT2D eigenvalue weighted by Gasteiger charge is 2.17. The normalized spacial score (nSPS) is 11.7. The molecule has 0 fully saturated rings. The Morgan fingerprint density at radius 3 is 2.88 bits per heavy atom. The van der Waals surface area contributed by atoms with Crippen LogP contribution in [0.15, 0.2) is 29.0 Å². The van der Waals surface area contributed by atoms with Crippen LogP contribution in [0.25, 0.3) is 5.65 Å². The van der Waals surface area contributed by atoms with Gasteiger partial charge in [0.1, 0.15) is 5.82 Å². The molecule has 2 N–H and O–H groups in total. The SMILES string of the molecule is CC(C)(C)n1nnc(CNC(=O)Nc2cnc3c(Br)cccn23)n1. The summed E-state index contributed by atoms with van der Waals surface area (Å²) in [7, 11) is 0. The van der Waals surface area contributed by atoms with Gasteiger partial charge >= 0.3 is 6.03 Å². The molecule has 3 heterocycles. The summed E-state index contributed by atoms with van der Waals surface area (Å²) in [5.74, 6) is 1.01. The molecule has 0 radical (unpaired) electrons. The molecule has 0 atom stereocenters. The van der Waals surface area contributed by atoms with Crippen molar-refractivity contribution in [2.24, 2.45) is 0 Å². The molecule has 126 valence electrons. The number of carbonyl (C=O) groups is 1. The number of fused-ring (bicyclic) bond motifs is 1. The monoisotopic (exact) mass is 392 g/mol. The van der Waals surface area contributed by atoms with Gasteiger partial charge in [-0.1, -0.05) is 0 Å². The number of carbonyl (C=O) groups excluding carboxylic acids is 1. The predicted molar refractivity (Wildman–Crippen MR) is 91.6 cm³/mol. The summed E-state index contributed by atoms with van der Waals surface area (Å²) in [5, 5.41) is 17.6. The molecule has 0 aliphatic heterocycles. The van der Waals surface area contributed by atoms with Crippen molar-refractivity contribution in [3.05, 3.63) is 34.8 Å². The number of nitrogens with zero attached hydrogens (tertiary/aromatic N) is 6. The first-order valence-corrected chi connectivity index (χ1v) is 8.10. The van der Waals surface area contributed by atoms with Gasteiger partial charge in [0.25, 0.3) is 0 Å². The van der Waals surface area contributed by atoms with Crippen LogP contribution < -0.4 is 10.6 Å². The van der Waals surface area contributed by atoms with Gasteiger partial charge in [-0.2, -0.15) is 4.80 Å². The molecule has 3 aromatic heterocycles. The van der Waals surface area contributed by atoms with Crippen molar-refractivity contribution in [3.8, 4) is 0 Å². The number of aromatic nitrogens is 6. The number of rotatable bonds is 3. The fourth-order valence-electron chi connectivity index (χ4n) is 1.99. The lowest BCUT2D eigenvalue weighted by atomic mass is 10.1. The fraction of sp³-hybridized carbons (Fsp3) is 0.357. The maximum absolute atomic E-state index is 12.1. The molecule has 0 saturated heterocycles. The van der Waals surface area contributed by atoms with Gasteiger partial charge in [-0.15, -0.1) is 10.2 Å². The Morgan fingerprint density at radius 1 is 1.38 bits per heavy atom. The highest BCUT2D eigenvalue weighted by Crippen LogP contribution is 2.19. The largest absolute Gasteiger partial charge is 0.330 e. The van der Waals surface area contributed by atoms with E-state index in [1.165, 1.54) is 4.80 Å². The number of halogens is 1. The smallest absolute Gasteiger partial charge is 0.320 e. The molecule has 2 amide bonds. The molecule has 0 bridgehead atoms. The van der Waals surface area contributed by atoms with Gasteiger partial charge in [-0.3, -0.25) is 9.72 Å². The van der Waals surface area contributed by atoms with E-state index in [0.29, 0.717) is 11.6 Å². The maximum atomic E-state index is 12.1. The molecule has 0 aromatic carbocycles. The van der Waals surface area contributed by atoms with E-state index in [0.717, 1.165) is 10.1 Å². The van der Waals surface area contributed by atoms with Gasteiger partial charge in [-0.25, -0.2) is 9.78 Å². The standard InChI is InChI=1S/C14H17BrN8O/c1-14(2,3)23-20-10(19-21-23)7-17-13(24)18-11-8-16-12-9(15)5-4-6-22(11)12/h4-6,8H,7H2,1-3H3,(H2,17,18,24). The number of hydrogen-bond acceptors (Lipinski definition) is 5. The van der Waals surface area contributed by atoms with Crippen LogP contribution in [0.1, 0.15) is 26.6 Å². The van der Waals surface area contributed by atoms with Crippen molar-refractivity contribution in [1.29, 1.82) is 0 Å². The van der Waals surface area contributed by atoms with Crippen molar-refractivity contribution in [3.63, 3.8) is 0 Å². The van der Waals surface area contributed by atoms with E-state index >= 15 is 0 Å². The lowest BCUT2D eigenvalue weighted by molar-refractivity contribution is 0.251. The third-order valence-corrected chi connectivity index (χ3v) is 3.81. The highest BCUT2D eigenvalue weighted by atomic mass is 79.9. The van der Waals surface area contributed by atoms with Crippen LogP contribution in [0.3, 0.4) is 0 Å². The first kappa shape index (κ1) is 16.4. The van der Waals surface area contributed by atoms with E-state index in [1.807, 2.05) is 39.1 Å². The Hall–Kier alpha value is -2.49. The molecule has 0 aliphatic rings. The van der Waals surface area contributed by atoms with E-state index in [2.05, 4.69) is 47.0 Å². The van der Waals surface area contributed by atoms with E-state index in [4.69, 9.17) is 0 Å². The first-order chi connectivity index (χ1) is 11.3. The summed E-state index contributed by atoms with van der Waals surface area (Å²) >= 11 is 3.42. The van der Waals surface area contributed by atoms with Crippen molar-refractivity contribution < 1.29 is 4.79 Å². The first-order valence-electron chi connectivity index (χ1n) is 7.30. The maximum Gasteiger partial charge on any atom is 0.320 e. The van der Waals surface area contributed by atoms with E-state index < -0.39 is 0 Å². The second kappa shape index (κ2) is 6.19. The van der Waals surface area contributed by atoms with Crippen LogP contribution in [0, 0.1) is 0 Å². The summed E-state index contributed by atoms with van der Waals surface area (Å²) in [4.78, 5) is 17.8. The minimum absolute atomic E-state index is 0.183. The zero-order valence-electron chi connectivity index (χ0n) is 13.5. The number of anilines is 1. The molecule has 10 heteroatoms. The number of hydrogen-bond donors (Lipinski definition) is 2. The second-order valence-electron chi connectivity index (χ2n) is 6.17. The summed E-state index contributed by atoms with van der Waals surface area (Å²) in [6, 6.07) is 3.37. The van der Waals surface area contributed by atoms with Gasteiger partial charge in [0.05, 0.1) is 22.8 Å². The van der Waals surface area contributed by atoms with Crippen LogP contribution in [0.5, 0.6) is 0 Å². The van der Waals surface area contributed by atoms with Crippen molar-refractivity contribution >= 4 is 33.4 Å². The predicted octanol–water partition coefficient (Wildman–Crippen LogP) is 2.16. The Morgan fingerprint density at radius 2 is 2.17 bits per heavy atom. The van der Waals surface area contributed by atoms with Gasteiger partial charge < -0.3 is 5.32 Å². The quantitative estimate of drug-likeness (QED) is 0.710. The van der Waals surface area contributed by atoms with Crippen molar-refractivity contribution in [1.82, 2.24) is 34.9 Å². The molecular weight excluding hydrogens is 376 g/mol. The van der Waals surface area contributed by atoms with Crippen LogP contribution in [0.4, 0.5) is 10.6 Å². The Labute approximate surface area is 146 Å². The number of imidazole rings is 1. The average Bonchev–Trinajstić information content (AvgIpc) is 3.13. The van der Waals surface area contributed by atoms with Crippen LogP contribution in [-0.2, 0) is 12.1 Å².